The molecule has 3 aliphatic carbocycles. The van der Waals surface area contributed by atoms with Crippen LogP contribution in [-0.4, -0.2) is 58.9 Å². The van der Waals surface area contributed by atoms with Crippen molar-refractivity contribution in [2.24, 2.45) is 5.41 Å². The topological polar surface area (TPSA) is 98.7 Å². The van der Waals surface area contributed by atoms with Crippen molar-refractivity contribution in [3.63, 3.8) is 0 Å². The highest BCUT2D eigenvalue weighted by molar-refractivity contribution is 7.14. The maximum atomic E-state index is 12.6. The number of thiazole rings is 1. The second kappa shape index (κ2) is 6.60. The molecule has 2 aromatic heterocycles. The Balaban J connectivity index is 1.08. The Morgan fingerprint density at radius 2 is 1.93 bits per heavy atom. The molecule has 0 spiro atoms. The van der Waals surface area contributed by atoms with Crippen molar-refractivity contribution in [1.82, 2.24) is 15.0 Å². The number of morpholine rings is 1. The van der Waals surface area contributed by atoms with Gasteiger partial charge in [0.05, 0.1) is 54.1 Å². The third kappa shape index (κ3) is 2.81. The fourth-order valence-corrected chi connectivity index (χ4v) is 5.92. The molecule has 1 N–H and O–H groups in total. The van der Waals surface area contributed by atoms with Gasteiger partial charge in [0.15, 0.2) is 10.9 Å². The third-order valence-corrected chi connectivity index (χ3v) is 7.64. The predicted octanol–water partition coefficient (Wildman–Crippen LogP) is 2.60. The molecule has 2 aromatic rings. The summed E-state index contributed by atoms with van der Waals surface area (Å²) >= 11 is 1.34. The van der Waals surface area contributed by atoms with Crippen LogP contribution in [0.3, 0.4) is 0 Å². The maximum absolute atomic E-state index is 12.6. The van der Waals surface area contributed by atoms with Crippen LogP contribution in [-0.2, 0) is 14.3 Å². The van der Waals surface area contributed by atoms with Gasteiger partial charge in [-0.15, -0.1) is 11.3 Å². The van der Waals surface area contributed by atoms with Crippen LogP contribution >= 0.6 is 11.3 Å². The normalized spacial score (nSPS) is 33.6. The van der Waals surface area contributed by atoms with E-state index in [4.69, 9.17) is 14.2 Å². The van der Waals surface area contributed by atoms with Crippen LogP contribution in [0.1, 0.15) is 32.1 Å². The maximum Gasteiger partial charge on any atom is 0.232 e. The van der Waals surface area contributed by atoms with Crippen molar-refractivity contribution < 1.29 is 19.0 Å². The van der Waals surface area contributed by atoms with Crippen molar-refractivity contribution in [1.29, 1.82) is 0 Å². The molecule has 4 heterocycles. The fraction of sp³-hybridized carbons (Fsp3) is 0.600. The molecule has 7 rings (SSSR count). The number of anilines is 2. The van der Waals surface area contributed by atoms with Gasteiger partial charge in [-0.1, -0.05) is 0 Å². The van der Waals surface area contributed by atoms with Gasteiger partial charge < -0.3 is 24.4 Å². The van der Waals surface area contributed by atoms with Gasteiger partial charge in [0, 0.05) is 7.11 Å². The molecule has 2 saturated heterocycles. The van der Waals surface area contributed by atoms with Crippen LogP contribution in [0.4, 0.5) is 11.1 Å². The number of nitrogens with one attached hydrogen (secondary N) is 1. The second-order valence-electron chi connectivity index (χ2n) is 8.79. The number of carbonyl (C=O) groups is 1. The Kier molecular flexibility index (Phi) is 4.06. The van der Waals surface area contributed by atoms with E-state index in [2.05, 4.69) is 25.2 Å². The molecule has 0 aromatic carbocycles. The molecule has 0 radical (unpaired) electrons. The van der Waals surface area contributed by atoms with Gasteiger partial charge in [-0.05, 0) is 32.1 Å². The molecule has 30 heavy (non-hydrogen) atoms. The summed E-state index contributed by atoms with van der Waals surface area (Å²) in [5, 5.41) is 5.23. The van der Waals surface area contributed by atoms with Gasteiger partial charge in [0.2, 0.25) is 17.7 Å². The van der Waals surface area contributed by atoms with E-state index in [9.17, 15) is 4.79 Å². The van der Waals surface area contributed by atoms with Gasteiger partial charge in [0.1, 0.15) is 0 Å². The third-order valence-electron chi connectivity index (χ3n) is 6.91. The molecular formula is C20H23N5O4S. The lowest BCUT2D eigenvalue weighted by molar-refractivity contribution is -0.260. The standard InChI is InChI=1S/C20H23N5O4S/c1-27-20-9-19(10-20,11-20)16(26)24-18-23-15(8-30-18)29-14-4-21-17(22-5-14)25-12-2-3-13(25)7-28-6-12/h4-5,8,12-13H,2-3,6-7,9-11H2,1H3,(H,23,24,26). The van der Waals surface area contributed by atoms with Crippen LogP contribution in [0, 0.1) is 5.41 Å². The summed E-state index contributed by atoms with van der Waals surface area (Å²) in [6, 6.07) is 0.722. The molecule has 2 atom stereocenters. The van der Waals surface area contributed by atoms with Gasteiger partial charge in [0.25, 0.3) is 0 Å². The molecule has 4 bridgehead atoms. The first-order valence-electron chi connectivity index (χ1n) is 10.3. The van der Waals surface area contributed by atoms with Crippen LogP contribution in [0.25, 0.3) is 0 Å². The van der Waals surface area contributed by atoms with Crippen LogP contribution < -0.4 is 15.0 Å². The first-order valence-corrected chi connectivity index (χ1v) is 11.1. The average Bonchev–Trinajstić information content (AvgIpc) is 3.21. The highest BCUT2D eigenvalue weighted by Gasteiger charge is 2.72. The summed E-state index contributed by atoms with van der Waals surface area (Å²) in [5.74, 6) is 1.68. The average molecular weight is 430 g/mol. The zero-order chi connectivity index (χ0) is 20.3. The van der Waals surface area contributed by atoms with Gasteiger partial charge in [-0.25, -0.2) is 9.97 Å². The van der Waals surface area contributed by atoms with Crippen LogP contribution in [0.2, 0.25) is 0 Å². The number of aromatic nitrogens is 3. The molecule has 2 aliphatic heterocycles. The molecule has 2 unspecified atom stereocenters. The number of hydrogen-bond donors (Lipinski definition) is 1. The quantitative estimate of drug-likeness (QED) is 0.748. The molecule has 158 valence electrons. The molecule has 3 saturated carbocycles. The summed E-state index contributed by atoms with van der Waals surface area (Å²) < 4.78 is 16.9. The predicted molar refractivity (Wildman–Crippen MR) is 109 cm³/mol. The van der Waals surface area contributed by atoms with E-state index in [-0.39, 0.29) is 16.9 Å². The Labute approximate surface area is 177 Å². The molecule has 5 fully saturated rings. The van der Waals surface area contributed by atoms with Gasteiger partial charge >= 0.3 is 0 Å². The van der Waals surface area contributed by atoms with E-state index >= 15 is 0 Å². The lowest BCUT2D eigenvalue weighted by Crippen LogP contribution is -2.72. The first kappa shape index (κ1) is 18.5. The largest absolute Gasteiger partial charge is 0.435 e. The summed E-state index contributed by atoms with van der Waals surface area (Å²) in [6.45, 7) is 1.47. The summed E-state index contributed by atoms with van der Waals surface area (Å²) in [6.07, 6.45) is 7.96. The first-order chi connectivity index (χ1) is 14.6. The highest BCUT2D eigenvalue weighted by atomic mass is 32.1. The van der Waals surface area contributed by atoms with E-state index in [1.807, 2.05) is 0 Å². The zero-order valence-electron chi connectivity index (χ0n) is 16.7. The minimum Gasteiger partial charge on any atom is -0.435 e. The van der Waals surface area contributed by atoms with E-state index < -0.39 is 0 Å². The minimum absolute atomic E-state index is 0.0233. The molecule has 1 amide bonds. The summed E-state index contributed by atoms with van der Waals surface area (Å²) in [4.78, 5) is 28.2. The lowest BCUT2D eigenvalue weighted by Gasteiger charge is -2.67. The number of fused-ring (bicyclic) bond motifs is 2. The molecular weight excluding hydrogens is 406 g/mol. The smallest absolute Gasteiger partial charge is 0.232 e. The monoisotopic (exact) mass is 429 g/mol. The van der Waals surface area contributed by atoms with Crippen LogP contribution in [0.15, 0.2) is 17.8 Å². The van der Waals surface area contributed by atoms with E-state index in [1.54, 1.807) is 24.9 Å². The van der Waals surface area contributed by atoms with E-state index in [0.29, 0.717) is 28.8 Å². The number of hydrogen-bond acceptors (Lipinski definition) is 9. The Morgan fingerprint density at radius 3 is 2.60 bits per heavy atom. The number of nitrogens with zero attached hydrogens (tertiary/aromatic N) is 4. The van der Waals surface area contributed by atoms with Gasteiger partial charge in [-0.2, -0.15) is 4.98 Å². The highest BCUT2D eigenvalue weighted by Crippen LogP contribution is 2.69. The van der Waals surface area contributed by atoms with Crippen molar-refractivity contribution in [2.75, 3.05) is 30.5 Å². The molecule has 9 nitrogen and oxygen atoms in total. The van der Waals surface area contributed by atoms with Gasteiger partial charge in [-0.3, -0.25) is 4.79 Å². The summed E-state index contributed by atoms with van der Waals surface area (Å²) in [7, 11) is 1.72. The van der Waals surface area contributed by atoms with Crippen LogP contribution in [0.5, 0.6) is 11.6 Å². The Morgan fingerprint density at radius 1 is 1.23 bits per heavy atom. The van der Waals surface area contributed by atoms with E-state index in [0.717, 1.165) is 51.3 Å². The minimum atomic E-state index is -0.273. The fourth-order valence-electron chi connectivity index (χ4n) is 5.32. The second-order valence-corrected chi connectivity index (χ2v) is 9.65. The SMILES string of the molecule is COC12CC(C(=O)Nc3nc(Oc4cnc(N5C6CCC5COC6)nc4)cs3)(C1)C2. The van der Waals surface area contributed by atoms with Crippen molar-refractivity contribution in [3.05, 3.63) is 17.8 Å². The molecule has 5 aliphatic rings. The van der Waals surface area contributed by atoms with Crippen molar-refractivity contribution in [3.8, 4) is 11.6 Å². The number of ether oxygens (including phenoxy) is 3. The number of amides is 1. The van der Waals surface area contributed by atoms with Crippen molar-refractivity contribution in [2.45, 2.75) is 49.8 Å². The number of methoxy groups -OCH3 is 1. The molecule has 10 heteroatoms. The zero-order valence-corrected chi connectivity index (χ0v) is 17.5. The van der Waals surface area contributed by atoms with Crippen molar-refractivity contribution >= 4 is 28.3 Å². The Bertz CT molecular complexity index is 944. The Hall–Kier alpha value is -2.30. The lowest BCUT2D eigenvalue weighted by atomic mass is 9.41. The number of rotatable bonds is 6. The van der Waals surface area contributed by atoms with E-state index in [1.165, 1.54) is 11.3 Å². The summed E-state index contributed by atoms with van der Waals surface area (Å²) in [5.41, 5.74) is -0.327. The number of carbonyl (C=O) groups excluding carboxylic acids is 1.